The molecule has 1 aromatic carbocycles. The van der Waals surface area contributed by atoms with E-state index in [4.69, 9.17) is 0 Å². The zero-order chi connectivity index (χ0) is 18.4. The summed E-state index contributed by atoms with van der Waals surface area (Å²) in [6.07, 6.45) is 2.64. The van der Waals surface area contributed by atoms with E-state index in [1.165, 1.54) is 6.07 Å². The third kappa shape index (κ3) is 4.72. The second-order valence-corrected chi connectivity index (χ2v) is 6.99. The number of benzene rings is 1. The van der Waals surface area contributed by atoms with Gasteiger partial charge in [0.1, 0.15) is 11.6 Å². The van der Waals surface area contributed by atoms with Gasteiger partial charge in [-0.3, -0.25) is 4.99 Å². The molecule has 5 nitrogen and oxygen atoms in total. The van der Waals surface area contributed by atoms with Gasteiger partial charge >= 0.3 is 0 Å². The highest BCUT2D eigenvalue weighted by Crippen LogP contribution is 2.17. The number of nitrogens with one attached hydrogen (secondary N) is 1. The molecule has 1 fully saturated rings. The molecule has 0 atom stereocenters. The van der Waals surface area contributed by atoms with Crippen molar-refractivity contribution < 1.29 is 4.39 Å². The summed E-state index contributed by atoms with van der Waals surface area (Å²) in [5.41, 5.74) is 1.08. The maximum absolute atomic E-state index is 13.3. The van der Waals surface area contributed by atoms with Crippen LogP contribution in [0.2, 0.25) is 0 Å². The quantitative estimate of drug-likeness (QED) is 0.611. The van der Waals surface area contributed by atoms with Crippen molar-refractivity contribution in [3.63, 3.8) is 0 Å². The van der Waals surface area contributed by atoms with Gasteiger partial charge in [-0.2, -0.15) is 0 Å². The molecule has 138 valence electrons. The molecule has 1 aromatic heterocycles. The number of rotatable bonds is 4. The number of halogens is 2. The van der Waals surface area contributed by atoms with Crippen LogP contribution >= 0.6 is 15.9 Å². The first-order chi connectivity index (χ1) is 12.7. The van der Waals surface area contributed by atoms with Crippen molar-refractivity contribution in [2.45, 2.75) is 6.42 Å². The summed E-state index contributed by atoms with van der Waals surface area (Å²) in [5.74, 6) is 1.70. The number of hydrogen-bond donors (Lipinski definition) is 1. The van der Waals surface area contributed by atoms with Crippen LogP contribution in [-0.2, 0) is 6.42 Å². The Morgan fingerprint density at radius 1 is 1.23 bits per heavy atom. The van der Waals surface area contributed by atoms with E-state index in [-0.39, 0.29) is 5.82 Å². The Balaban J connectivity index is 1.48. The summed E-state index contributed by atoms with van der Waals surface area (Å²) in [5, 5.41) is 3.41. The monoisotopic (exact) mass is 419 g/mol. The van der Waals surface area contributed by atoms with Gasteiger partial charge in [0.25, 0.3) is 0 Å². The Hall–Kier alpha value is -2.15. The minimum Gasteiger partial charge on any atom is -0.356 e. The number of nitrogens with zero attached hydrogens (tertiary/aromatic N) is 4. The Morgan fingerprint density at radius 2 is 2.04 bits per heavy atom. The summed E-state index contributed by atoms with van der Waals surface area (Å²) in [6.45, 7) is 4.40. The molecular weight excluding hydrogens is 397 g/mol. The van der Waals surface area contributed by atoms with E-state index in [0.717, 1.165) is 56.5 Å². The van der Waals surface area contributed by atoms with E-state index in [1.807, 2.05) is 43.6 Å². The Bertz CT molecular complexity index is 745. The van der Waals surface area contributed by atoms with Crippen molar-refractivity contribution in [3.05, 3.63) is 58.4 Å². The summed E-state index contributed by atoms with van der Waals surface area (Å²) in [7, 11) is 1.81. The van der Waals surface area contributed by atoms with Crippen molar-refractivity contribution in [1.82, 2.24) is 15.2 Å². The molecule has 0 bridgehead atoms. The van der Waals surface area contributed by atoms with Crippen LogP contribution in [-0.4, -0.2) is 55.6 Å². The fourth-order valence-corrected chi connectivity index (χ4v) is 3.46. The molecule has 0 aliphatic carbocycles. The molecule has 1 aliphatic heterocycles. The van der Waals surface area contributed by atoms with Crippen LogP contribution in [0.4, 0.5) is 10.2 Å². The van der Waals surface area contributed by atoms with Crippen LogP contribution in [0, 0.1) is 5.82 Å². The second-order valence-electron chi connectivity index (χ2n) is 6.13. The van der Waals surface area contributed by atoms with Crippen molar-refractivity contribution in [3.8, 4) is 0 Å². The number of pyridine rings is 1. The lowest BCUT2D eigenvalue weighted by atomic mass is 10.1. The molecule has 3 rings (SSSR count). The van der Waals surface area contributed by atoms with Crippen molar-refractivity contribution in [2.75, 3.05) is 44.7 Å². The first-order valence-corrected chi connectivity index (χ1v) is 9.52. The van der Waals surface area contributed by atoms with Crippen LogP contribution < -0.4 is 10.2 Å². The number of aliphatic imine (C=N–C) groups is 1. The van der Waals surface area contributed by atoms with Crippen LogP contribution in [0.15, 0.2) is 52.1 Å². The molecule has 0 spiro atoms. The fourth-order valence-electron chi connectivity index (χ4n) is 3.03. The first kappa shape index (κ1) is 18.6. The molecule has 2 aromatic rings. The summed E-state index contributed by atoms with van der Waals surface area (Å²) in [4.78, 5) is 13.4. The average Bonchev–Trinajstić information content (AvgIpc) is 2.69. The zero-order valence-electron chi connectivity index (χ0n) is 14.8. The molecule has 0 unspecified atom stereocenters. The molecule has 1 saturated heterocycles. The lowest BCUT2D eigenvalue weighted by Gasteiger charge is -2.37. The molecular formula is C19H23BrFN5. The Labute approximate surface area is 162 Å². The molecule has 7 heteroatoms. The van der Waals surface area contributed by atoms with Gasteiger partial charge in [0, 0.05) is 46.0 Å². The van der Waals surface area contributed by atoms with E-state index in [2.05, 4.69) is 41.0 Å². The SMILES string of the molecule is CN=C(NCCc1ccc(F)c(Br)c1)N1CCN(c2ccccn2)CC1. The van der Waals surface area contributed by atoms with E-state index in [1.54, 1.807) is 0 Å². The molecule has 0 radical (unpaired) electrons. The normalized spacial score (nSPS) is 15.3. The summed E-state index contributed by atoms with van der Waals surface area (Å²) >= 11 is 3.23. The maximum Gasteiger partial charge on any atom is 0.193 e. The highest BCUT2D eigenvalue weighted by atomic mass is 79.9. The van der Waals surface area contributed by atoms with Gasteiger partial charge in [-0.25, -0.2) is 9.37 Å². The number of piperazine rings is 1. The molecule has 2 heterocycles. The van der Waals surface area contributed by atoms with E-state index < -0.39 is 0 Å². The van der Waals surface area contributed by atoms with Crippen molar-refractivity contribution in [2.24, 2.45) is 4.99 Å². The van der Waals surface area contributed by atoms with E-state index >= 15 is 0 Å². The maximum atomic E-state index is 13.3. The topological polar surface area (TPSA) is 43.8 Å². The van der Waals surface area contributed by atoms with E-state index in [9.17, 15) is 4.39 Å². The van der Waals surface area contributed by atoms with Gasteiger partial charge in [-0.1, -0.05) is 12.1 Å². The highest BCUT2D eigenvalue weighted by molar-refractivity contribution is 9.10. The molecule has 1 aliphatic rings. The van der Waals surface area contributed by atoms with Crippen LogP contribution in [0.25, 0.3) is 0 Å². The minimum absolute atomic E-state index is 0.233. The number of hydrogen-bond acceptors (Lipinski definition) is 3. The fraction of sp³-hybridized carbons (Fsp3) is 0.368. The van der Waals surface area contributed by atoms with Gasteiger partial charge in [-0.05, 0) is 52.2 Å². The Kier molecular flexibility index (Phi) is 6.44. The predicted octanol–water partition coefficient (Wildman–Crippen LogP) is 2.92. The molecule has 0 amide bonds. The highest BCUT2D eigenvalue weighted by Gasteiger charge is 2.20. The number of guanidine groups is 1. The largest absolute Gasteiger partial charge is 0.356 e. The minimum atomic E-state index is -0.233. The first-order valence-electron chi connectivity index (χ1n) is 8.73. The lowest BCUT2D eigenvalue weighted by Crippen LogP contribution is -2.53. The number of anilines is 1. The third-order valence-electron chi connectivity index (χ3n) is 4.45. The molecule has 26 heavy (non-hydrogen) atoms. The average molecular weight is 420 g/mol. The van der Waals surface area contributed by atoms with Gasteiger partial charge in [0.05, 0.1) is 4.47 Å². The second kappa shape index (κ2) is 8.98. The predicted molar refractivity (Wildman–Crippen MR) is 107 cm³/mol. The van der Waals surface area contributed by atoms with Gasteiger partial charge < -0.3 is 15.1 Å². The zero-order valence-corrected chi connectivity index (χ0v) is 16.4. The van der Waals surface area contributed by atoms with Gasteiger partial charge in [0.2, 0.25) is 0 Å². The smallest absolute Gasteiger partial charge is 0.193 e. The Morgan fingerprint density at radius 3 is 2.69 bits per heavy atom. The van der Waals surface area contributed by atoms with Crippen LogP contribution in [0.1, 0.15) is 5.56 Å². The van der Waals surface area contributed by atoms with Crippen LogP contribution in [0.5, 0.6) is 0 Å². The molecule has 0 saturated carbocycles. The lowest BCUT2D eigenvalue weighted by molar-refractivity contribution is 0.372. The van der Waals surface area contributed by atoms with Crippen LogP contribution in [0.3, 0.4) is 0 Å². The summed E-state index contributed by atoms with van der Waals surface area (Å²) in [6, 6.07) is 11.1. The molecule has 1 N–H and O–H groups in total. The van der Waals surface area contributed by atoms with Crippen molar-refractivity contribution >= 4 is 27.7 Å². The van der Waals surface area contributed by atoms with Gasteiger partial charge in [-0.15, -0.1) is 0 Å². The van der Waals surface area contributed by atoms with Gasteiger partial charge in [0.15, 0.2) is 5.96 Å². The van der Waals surface area contributed by atoms with E-state index in [0.29, 0.717) is 4.47 Å². The third-order valence-corrected chi connectivity index (χ3v) is 5.05. The van der Waals surface area contributed by atoms with Crippen molar-refractivity contribution in [1.29, 1.82) is 0 Å². The summed E-state index contributed by atoms with van der Waals surface area (Å²) < 4.78 is 13.8. The number of aromatic nitrogens is 1. The standard InChI is InChI=1S/C19H23BrFN5/c1-22-19(24-9-7-15-5-6-17(21)16(20)14-15)26-12-10-25(11-13-26)18-4-2-3-8-23-18/h2-6,8,14H,7,9-13H2,1H3,(H,22,24).